The second kappa shape index (κ2) is 17.4. The van der Waals surface area contributed by atoms with Crippen molar-refractivity contribution in [2.24, 2.45) is 4.99 Å². The highest BCUT2D eigenvalue weighted by atomic mass is 16.1. The molecule has 2 unspecified atom stereocenters. The summed E-state index contributed by atoms with van der Waals surface area (Å²) in [5.41, 5.74) is 0. The summed E-state index contributed by atoms with van der Waals surface area (Å²) in [6.45, 7) is 11.2. The molecule has 1 rings (SSSR count). The van der Waals surface area contributed by atoms with E-state index in [-0.39, 0.29) is 12.1 Å². The quantitative estimate of drug-likeness (QED) is 0.131. The van der Waals surface area contributed by atoms with E-state index >= 15 is 0 Å². The van der Waals surface area contributed by atoms with Gasteiger partial charge in [0.1, 0.15) is 6.54 Å². The number of carbonyl (C=O) groups is 1. The minimum atomic E-state index is 0.0574. The first-order valence-corrected chi connectivity index (χ1v) is 13.4. The van der Waals surface area contributed by atoms with Crippen LogP contribution in [-0.2, 0) is 4.79 Å². The maximum absolute atomic E-state index is 11.5. The molecule has 0 radical (unpaired) electrons. The average Bonchev–Trinajstić information content (AvgIpc) is 3.17. The Kier molecular flexibility index (Phi) is 15.6. The van der Waals surface area contributed by atoms with Crippen LogP contribution in [0.2, 0.25) is 0 Å². The monoisotopic (exact) mass is 434 g/mol. The van der Waals surface area contributed by atoms with Crippen molar-refractivity contribution in [3.8, 4) is 0 Å². The summed E-state index contributed by atoms with van der Waals surface area (Å²) >= 11 is 0. The SMILES string of the molecule is CCCCCCCC/C=C/CCCCCCCCC1=NCC[N+]1(CC)C(C)NC(C)=O. The van der Waals surface area contributed by atoms with Crippen molar-refractivity contribution in [3.05, 3.63) is 12.2 Å². The highest BCUT2D eigenvalue weighted by molar-refractivity contribution is 5.78. The van der Waals surface area contributed by atoms with E-state index < -0.39 is 0 Å². The van der Waals surface area contributed by atoms with Gasteiger partial charge < -0.3 is 5.32 Å². The number of hydrogen-bond donors (Lipinski definition) is 1. The number of rotatable bonds is 19. The molecule has 0 aromatic carbocycles. The van der Waals surface area contributed by atoms with Crippen LogP contribution in [0.15, 0.2) is 17.1 Å². The van der Waals surface area contributed by atoms with Gasteiger partial charge in [-0.1, -0.05) is 76.9 Å². The van der Waals surface area contributed by atoms with Crippen molar-refractivity contribution in [3.63, 3.8) is 0 Å². The molecular weight excluding hydrogens is 382 g/mol. The summed E-state index contributed by atoms with van der Waals surface area (Å²) < 4.78 is 0.852. The van der Waals surface area contributed by atoms with Crippen LogP contribution in [0, 0.1) is 0 Å². The lowest BCUT2D eigenvalue weighted by molar-refractivity contribution is -0.861. The third-order valence-electron chi connectivity index (χ3n) is 6.94. The summed E-state index contributed by atoms with van der Waals surface area (Å²) in [5, 5.41) is 3.11. The third-order valence-corrected chi connectivity index (χ3v) is 6.94. The van der Waals surface area contributed by atoms with Gasteiger partial charge in [0.15, 0.2) is 12.0 Å². The van der Waals surface area contributed by atoms with Gasteiger partial charge in [0.05, 0.1) is 13.1 Å². The lowest BCUT2D eigenvalue weighted by atomic mass is 10.1. The number of amides is 1. The van der Waals surface area contributed by atoms with Crippen molar-refractivity contribution in [2.75, 3.05) is 19.6 Å². The van der Waals surface area contributed by atoms with Crippen LogP contribution in [0.3, 0.4) is 0 Å². The number of unbranched alkanes of at least 4 members (excludes halogenated alkanes) is 12. The number of likely N-dealkylation sites (N-methyl/N-ethyl adjacent to an activating group) is 1. The van der Waals surface area contributed by atoms with E-state index in [1.54, 1.807) is 6.92 Å². The van der Waals surface area contributed by atoms with Crippen LogP contribution in [0.5, 0.6) is 0 Å². The zero-order chi connectivity index (χ0) is 22.8. The molecule has 0 saturated heterocycles. The molecule has 1 heterocycles. The Labute approximate surface area is 193 Å². The van der Waals surface area contributed by atoms with Crippen LogP contribution < -0.4 is 5.32 Å². The molecule has 1 aliphatic rings. The van der Waals surface area contributed by atoms with Crippen LogP contribution in [-0.4, -0.2) is 42.0 Å². The van der Waals surface area contributed by atoms with Gasteiger partial charge in [-0.15, -0.1) is 0 Å². The molecule has 0 spiro atoms. The molecule has 4 heteroatoms. The van der Waals surface area contributed by atoms with Gasteiger partial charge in [0.25, 0.3) is 0 Å². The molecular formula is C27H52N3O+. The summed E-state index contributed by atoms with van der Waals surface area (Å²) in [6.07, 6.45) is 24.8. The molecule has 0 aliphatic carbocycles. The van der Waals surface area contributed by atoms with E-state index in [2.05, 4.69) is 38.2 Å². The molecule has 180 valence electrons. The first kappa shape index (κ1) is 27.9. The third kappa shape index (κ3) is 11.3. The van der Waals surface area contributed by atoms with Gasteiger partial charge in [0, 0.05) is 20.3 Å². The van der Waals surface area contributed by atoms with E-state index in [0.717, 1.165) is 30.5 Å². The van der Waals surface area contributed by atoms with E-state index in [1.807, 2.05) is 0 Å². The van der Waals surface area contributed by atoms with Gasteiger partial charge in [-0.2, -0.15) is 0 Å². The van der Waals surface area contributed by atoms with Crippen molar-refractivity contribution in [2.45, 2.75) is 130 Å². The second-order valence-electron chi connectivity index (χ2n) is 9.44. The Hall–Kier alpha value is -1.16. The van der Waals surface area contributed by atoms with Crippen LogP contribution in [0.1, 0.15) is 124 Å². The Balaban J connectivity index is 2.04. The van der Waals surface area contributed by atoms with Gasteiger partial charge in [-0.3, -0.25) is 9.28 Å². The van der Waals surface area contributed by atoms with E-state index in [9.17, 15) is 4.79 Å². The molecule has 0 bridgehead atoms. The number of nitrogens with zero attached hydrogens (tertiary/aromatic N) is 2. The molecule has 0 aromatic rings. The van der Waals surface area contributed by atoms with Crippen molar-refractivity contribution in [1.29, 1.82) is 0 Å². The van der Waals surface area contributed by atoms with Gasteiger partial charge >= 0.3 is 0 Å². The smallest absolute Gasteiger partial charge is 0.221 e. The average molecular weight is 435 g/mol. The lowest BCUT2D eigenvalue weighted by Gasteiger charge is -2.39. The standard InChI is InChI=1S/C27H51N3O/c1-5-7-8-9-10-11-12-13-14-15-16-17-18-19-20-21-22-27-28-23-24-30(27,6-2)25(3)29-26(4)31/h13-14,25H,5-12,15-24H2,1-4H3/p+1/b14-13+. The highest BCUT2D eigenvalue weighted by Gasteiger charge is 2.41. The maximum Gasteiger partial charge on any atom is 0.221 e. The van der Waals surface area contributed by atoms with Crippen molar-refractivity contribution < 1.29 is 9.28 Å². The fourth-order valence-electron chi connectivity index (χ4n) is 4.91. The largest absolute Gasteiger partial charge is 0.307 e. The molecule has 1 aliphatic heterocycles. The number of aliphatic imine (C=N–C) groups is 1. The summed E-state index contributed by atoms with van der Waals surface area (Å²) in [7, 11) is 0. The zero-order valence-corrected chi connectivity index (χ0v) is 21.3. The molecule has 0 aromatic heterocycles. The van der Waals surface area contributed by atoms with Crippen molar-refractivity contribution in [1.82, 2.24) is 5.32 Å². The number of quaternary nitrogens is 1. The van der Waals surface area contributed by atoms with Gasteiger partial charge in [0.2, 0.25) is 5.91 Å². The first-order valence-electron chi connectivity index (χ1n) is 13.4. The highest BCUT2D eigenvalue weighted by Crippen LogP contribution is 2.23. The fraction of sp³-hybridized carbons (Fsp3) is 0.852. The van der Waals surface area contributed by atoms with E-state index in [0.29, 0.717) is 0 Å². The minimum Gasteiger partial charge on any atom is -0.307 e. The fourth-order valence-corrected chi connectivity index (χ4v) is 4.91. The number of hydrogen-bond acceptors (Lipinski definition) is 2. The van der Waals surface area contributed by atoms with E-state index in [1.165, 1.54) is 95.7 Å². The molecule has 4 nitrogen and oxygen atoms in total. The summed E-state index contributed by atoms with van der Waals surface area (Å²) in [5.74, 6) is 1.36. The summed E-state index contributed by atoms with van der Waals surface area (Å²) in [6, 6.07) is 0. The predicted octanol–water partition coefficient (Wildman–Crippen LogP) is 7.14. The summed E-state index contributed by atoms with van der Waals surface area (Å²) in [4.78, 5) is 16.4. The van der Waals surface area contributed by atoms with Gasteiger partial charge in [-0.05, 0) is 39.0 Å². The Morgan fingerprint density at radius 1 is 0.935 bits per heavy atom. The number of amidine groups is 1. The zero-order valence-electron chi connectivity index (χ0n) is 21.3. The topological polar surface area (TPSA) is 41.5 Å². The van der Waals surface area contributed by atoms with Crippen molar-refractivity contribution >= 4 is 11.7 Å². The second-order valence-corrected chi connectivity index (χ2v) is 9.44. The molecule has 31 heavy (non-hydrogen) atoms. The number of allylic oxidation sites excluding steroid dienone is 2. The molecule has 1 N–H and O–H groups in total. The Bertz CT molecular complexity index is 529. The molecule has 0 fully saturated rings. The minimum absolute atomic E-state index is 0.0574. The number of nitrogens with one attached hydrogen (secondary N) is 1. The van der Waals surface area contributed by atoms with Crippen LogP contribution >= 0.6 is 0 Å². The van der Waals surface area contributed by atoms with Crippen LogP contribution in [0.4, 0.5) is 0 Å². The van der Waals surface area contributed by atoms with Crippen LogP contribution in [0.25, 0.3) is 0 Å². The first-order chi connectivity index (χ1) is 15.1. The van der Waals surface area contributed by atoms with E-state index in [4.69, 9.17) is 4.99 Å². The lowest BCUT2D eigenvalue weighted by Crippen LogP contribution is -2.62. The normalized spacial score (nSPS) is 19.7. The Morgan fingerprint density at radius 2 is 1.48 bits per heavy atom. The predicted molar refractivity (Wildman–Crippen MR) is 135 cm³/mol. The molecule has 2 atom stereocenters. The maximum atomic E-state index is 11.5. The molecule has 0 saturated carbocycles. The van der Waals surface area contributed by atoms with Gasteiger partial charge in [-0.25, -0.2) is 4.99 Å². The Morgan fingerprint density at radius 3 is 2.03 bits per heavy atom. The molecule has 1 amide bonds. The number of carbonyl (C=O) groups excluding carboxylic acids is 1.